The van der Waals surface area contributed by atoms with Gasteiger partial charge >= 0.3 is 5.97 Å². The molecule has 0 spiro atoms. The van der Waals surface area contributed by atoms with E-state index in [1.807, 2.05) is 24.3 Å². The first-order valence-electron chi connectivity index (χ1n) is 6.91. The first-order chi connectivity index (χ1) is 10.5. The molecule has 0 unspecified atom stereocenters. The summed E-state index contributed by atoms with van der Waals surface area (Å²) >= 11 is 3.40. The van der Waals surface area contributed by atoms with Crippen molar-refractivity contribution in [2.45, 2.75) is 24.8 Å². The molecule has 6 heteroatoms. The number of hydrogen-bond donors (Lipinski definition) is 2. The zero-order valence-electron chi connectivity index (χ0n) is 11.6. The van der Waals surface area contributed by atoms with E-state index < -0.39 is 17.4 Å². The van der Waals surface area contributed by atoms with E-state index in [9.17, 15) is 9.59 Å². The van der Waals surface area contributed by atoms with Gasteiger partial charge in [-0.2, -0.15) is 0 Å². The molecule has 0 saturated heterocycles. The van der Waals surface area contributed by atoms with Crippen LogP contribution in [0.3, 0.4) is 0 Å². The van der Waals surface area contributed by atoms with Crippen LogP contribution in [-0.2, 0) is 5.54 Å². The monoisotopic (exact) mass is 363 g/mol. The minimum Gasteiger partial charge on any atom is -0.478 e. The molecule has 22 heavy (non-hydrogen) atoms. The molecular formula is C16H14BrNO4. The molecule has 3 rings (SSSR count). The topological polar surface area (TPSA) is 79.5 Å². The highest BCUT2D eigenvalue weighted by molar-refractivity contribution is 9.10. The molecule has 2 aromatic rings. The Morgan fingerprint density at radius 2 is 1.91 bits per heavy atom. The van der Waals surface area contributed by atoms with Crippen molar-refractivity contribution in [3.8, 4) is 0 Å². The summed E-state index contributed by atoms with van der Waals surface area (Å²) in [5.41, 5.74) is 0.616. The van der Waals surface area contributed by atoms with Crippen molar-refractivity contribution < 1.29 is 19.1 Å². The van der Waals surface area contributed by atoms with Crippen LogP contribution in [-0.4, -0.2) is 17.0 Å². The lowest BCUT2D eigenvalue weighted by Crippen LogP contribution is -2.50. The van der Waals surface area contributed by atoms with Gasteiger partial charge in [-0.05, 0) is 37.0 Å². The highest BCUT2D eigenvalue weighted by Crippen LogP contribution is 2.41. The number of amides is 1. The van der Waals surface area contributed by atoms with Crippen molar-refractivity contribution in [3.05, 3.63) is 58.0 Å². The van der Waals surface area contributed by atoms with Gasteiger partial charge in [0.1, 0.15) is 6.26 Å². The van der Waals surface area contributed by atoms with Crippen LogP contribution in [0.2, 0.25) is 0 Å². The number of halogens is 1. The van der Waals surface area contributed by atoms with E-state index in [-0.39, 0.29) is 11.3 Å². The maximum atomic E-state index is 12.3. The maximum absolute atomic E-state index is 12.3. The molecule has 1 heterocycles. The summed E-state index contributed by atoms with van der Waals surface area (Å²) < 4.78 is 6.04. The van der Waals surface area contributed by atoms with Gasteiger partial charge in [-0.25, -0.2) is 4.79 Å². The second kappa shape index (κ2) is 5.61. The van der Waals surface area contributed by atoms with E-state index in [4.69, 9.17) is 9.52 Å². The fourth-order valence-electron chi connectivity index (χ4n) is 2.63. The minimum absolute atomic E-state index is 0.0146. The van der Waals surface area contributed by atoms with Gasteiger partial charge in [0.05, 0.1) is 11.1 Å². The van der Waals surface area contributed by atoms with Crippen LogP contribution in [0.4, 0.5) is 0 Å². The Hall–Kier alpha value is -2.08. The lowest BCUT2D eigenvalue weighted by atomic mass is 9.71. The summed E-state index contributed by atoms with van der Waals surface area (Å²) in [5.74, 6) is -1.50. The maximum Gasteiger partial charge on any atom is 0.338 e. The van der Waals surface area contributed by atoms with E-state index >= 15 is 0 Å². The number of furan rings is 1. The Bertz CT molecular complexity index is 716. The van der Waals surface area contributed by atoms with Crippen LogP contribution in [0.5, 0.6) is 0 Å². The normalized spacial score (nSPS) is 15.9. The second-order valence-corrected chi connectivity index (χ2v) is 6.32. The zero-order valence-corrected chi connectivity index (χ0v) is 13.2. The Kier molecular flexibility index (Phi) is 3.78. The summed E-state index contributed by atoms with van der Waals surface area (Å²) in [6.45, 7) is 0. The average molecular weight is 364 g/mol. The van der Waals surface area contributed by atoms with E-state index in [2.05, 4.69) is 21.2 Å². The van der Waals surface area contributed by atoms with Crippen molar-refractivity contribution in [1.29, 1.82) is 0 Å². The highest BCUT2D eigenvalue weighted by Gasteiger charge is 2.40. The number of benzene rings is 1. The summed E-state index contributed by atoms with van der Waals surface area (Å²) in [4.78, 5) is 23.2. The molecule has 1 aliphatic rings. The number of carboxylic acid groups (broad SMARTS) is 1. The summed E-state index contributed by atoms with van der Waals surface area (Å²) in [7, 11) is 0. The molecule has 0 aliphatic heterocycles. The SMILES string of the molecule is O=C(O)c1coc(C(=O)NC2(c3ccc(Br)cc3)CCC2)c1. The van der Waals surface area contributed by atoms with Crippen LogP contribution in [0, 0.1) is 0 Å². The third-order valence-electron chi connectivity index (χ3n) is 4.03. The predicted octanol–water partition coefficient (Wildman–Crippen LogP) is 3.55. The Labute approximate surface area is 135 Å². The molecule has 1 amide bonds. The number of hydrogen-bond acceptors (Lipinski definition) is 3. The van der Waals surface area contributed by atoms with Crippen LogP contribution >= 0.6 is 15.9 Å². The first-order valence-corrected chi connectivity index (χ1v) is 7.70. The van der Waals surface area contributed by atoms with E-state index in [1.165, 1.54) is 6.07 Å². The van der Waals surface area contributed by atoms with Gasteiger partial charge in [0.25, 0.3) is 5.91 Å². The second-order valence-electron chi connectivity index (χ2n) is 5.40. The first kappa shape index (κ1) is 14.8. The number of carboxylic acids is 1. The van der Waals surface area contributed by atoms with Crippen LogP contribution in [0.15, 0.2) is 45.5 Å². The van der Waals surface area contributed by atoms with Gasteiger partial charge in [0.2, 0.25) is 0 Å². The molecule has 0 bridgehead atoms. The molecule has 0 atom stereocenters. The molecule has 0 radical (unpaired) electrons. The lowest BCUT2D eigenvalue weighted by Gasteiger charge is -2.43. The van der Waals surface area contributed by atoms with Gasteiger partial charge in [-0.15, -0.1) is 0 Å². The molecule has 5 nitrogen and oxygen atoms in total. The Morgan fingerprint density at radius 3 is 2.41 bits per heavy atom. The molecule has 2 N–H and O–H groups in total. The van der Waals surface area contributed by atoms with Crippen LogP contribution in [0.25, 0.3) is 0 Å². The molecule has 114 valence electrons. The molecule has 1 aromatic heterocycles. The number of aromatic carboxylic acids is 1. The molecule has 1 saturated carbocycles. The zero-order chi connectivity index (χ0) is 15.7. The highest BCUT2D eigenvalue weighted by atomic mass is 79.9. The number of carbonyl (C=O) groups is 2. The number of nitrogens with one attached hydrogen (secondary N) is 1. The lowest BCUT2D eigenvalue weighted by molar-refractivity contribution is 0.0695. The third kappa shape index (κ3) is 2.66. The van der Waals surface area contributed by atoms with Gasteiger partial charge in [0, 0.05) is 10.5 Å². The van der Waals surface area contributed by atoms with Gasteiger partial charge in [-0.3, -0.25) is 4.79 Å². The minimum atomic E-state index is -1.12. The van der Waals surface area contributed by atoms with Gasteiger partial charge in [-0.1, -0.05) is 28.1 Å². The summed E-state index contributed by atoms with van der Waals surface area (Å²) in [6, 6.07) is 9.09. The van der Waals surface area contributed by atoms with Crippen molar-refractivity contribution >= 4 is 27.8 Å². The van der Waals surface area contributed by atoms with Crippen molar-refractivity contribution in [1.82, 2.24) is 5.32 Å². The van der Waals surface area contributed by atoms with E-state index in [1.54, 1.807) is 0 Å². The third-order valence-corrected chi connectivity index (χ3v) is 4.56. The molecule has 1 fully saturated rings. The standard InChI is InChI=1S/C16H14BrNO4/c17-12-4-2-11(3-5-12)16(6-1-7-16)18-14(19)13-8-10(9-22-13)15(20)21/h2-5,8-9H,1,6-7H2,(H,18,19)(H,20,21). The van der Waals surface area contributed by atoms with Crippen LogP contribution in [0.1, 0.15) is 45.7 Å². The van der Waals surface area contributed by atoms with Crippen molar-refractivity contribution in [3.63, 3.8) is 0 Å². The average Bonchev–Trinajstić information content (AvgIpc) is 2.94. The Balaban J connectivity index is 1.81. The summed E-state index contributed by atoms with van der Waals surface area (Å²) in [6.07, 6.45) is 3.82. The fourth-order valence-corrected chi connectivity index (χ4v) is 2.90. The number of carbonyl (C=O) groups excluding carboxylic acids is 1. The van der Waals surface area contributed by atoms with Crippen molar-refractivity contribution in [2.75, 3.05) is 0 Å². The molecule has 1 aliphatic carbocycles. The van der Waals surface area contributed by atoms with Gasteiger partial charge < -0.3 is 14.8 Å². The van der Waals surface area contributed by atoms with Crippen LogP contribution < -0.4 is 5.32 Å². The van der Waals surface area contributed by atoms with Gasteiger partial charge in [0.15, 0.2) is 5.76 Å². The quantitative estimate of drug-likeness (QED) is 0.870. The van der Waals surface area contributed by atoms with E-state index in [0.717, 1.165) is 35.6 Å². The Morgan fingerprint density at radius 1 is 1.23 bits per heavy atom. The largest absolute Gasteiger partial charge is 0.478 e. The van der Waals surface area contributed by atoms with E-state index in [0.29, 0.717) is 0 Å². The molecule has 1 aromatic carbocycles. The smallest absolute Gasteiger partial charge is 0.338 e. The molecular weight excluding hydrogens is 350 g/mol. The fraction of sp³-hybridized carbons (Fsp3) is 0.250. The number of rotatable bonds is 4. The van der Waals surface area contributed by atoms with Crippen molar-refractivity contribution in [2.24, 2.45) is 0 Å². The predicted molar refractivity (Wildman–Crippen MR) is 82.8 cm³/mol. The summed E-state index contributed by atoms with van der Waals surface area (Å²) in [5, 5.41) is 11.9.